The summed E-state index contributed by atoms with van der Waals surface area (Å²) < 4.78 is 20.5. The molecule has 4 aromatic carbocycles. The van der Waals surface area contributed by atoms with Crippen LogP contribution in [-0.4, -0.2) is 73.5 Å². The molecule has 0 bridgehead atoms. The number of fused-ring (bicyclic) bond motifs is 2. The number of carbonyl (C=O) groups excluding carboxylic acids is 2. The molecule has 2 amide bonds. The number of hydrogen-bond acceptors (Lipinski definition) is 8. The first-order chi connectivity index (χ1) is 28.1. The third kappa shape index (κ3) is 7.00. The van der Waals surface area contributed by atoms with Gasteiger partial charge in [0.25, 0.3) is 5.91 Å². The van der Waals surface area contributed by atoms with Gasteiger partial charge in [-0.15, -0.1) is 5.10 Å². The second-order valence-electron chi connectivity index (χ2n) is 16.4. The smallest absolute Gasteiger partial charge is 0.264 e. The average molecular weight is 800 g/mol. The molecule has 0 saturated carbocycles. The molecule has 3 aliphatic heterocycles. The van der Waals surface area contributed by atoms with E-state index in [0.717, 1.165) is 46.7 Å². The molecule has 1 unspecified atom stereocenters. The number of aliphatic hydroxyl groups is 1. The van der Waals surface area contributed by atoms with Crippen molar-refractivity contribution >= 4 is 36.4 Å². The summed E-state index contributed by atoms with van der Waals surface area (Å²) in [5.74, 6) is 1.01. The van der Waals surface area contributed by atoms with Crippen molar-refractivity contribution in [2.24, 2.45) is 5.92 Å². The van der Waals surface area contributed by atoms with Gasteiger partial charge in [-0.25, -0.2) is 0 Å². The van der Waals surface area contributed by atoms with Crippen molar-refractivity contribution in [3.05, 3.63) is 126 Å². The molecule has 5 atom stereocenters. The van der Waals surface area contributed by atoms with E-state index in [4.69, 9.17) is 14.2 Å². The first-order valence-corrected chi connectivity index (χ1v) is 23.4. The fourth-order valence-electron chi connectivity index (χ4n) is 9.83. The van der Waals surface area contributed by atoms with E-state index in [1.54, 1.807) is 14.2 Å². The Bertz CT molecular complexity index is 2260. The van der Waals surface area contributed by atoms with Gasteiger partial charge in [0.2, 0.25) is 5.91 Å². The van der Waals surface area contributed by atoms with Crippen molar-refractivity contribution in [1.82, 2.24) is 15.0 Å². The molecule has 8 rings (SSSR count). The lowest BCUT2D eigenvalue weighted by molar-refractivity contribution is -0.146. The summed E-state index contributed by atoms with van der Waals surface area (Å²) in [4.78, 5) is 32.0. The van der Waals surface area contributed by atoms with Crippen LogP contribution in [-0.2, 0) is 33.0 Å². The minimum Gasteiger partial charge on any atom is -0.497 e. The molecule has 58 heavy (non-hydrogen) atoms. The Morgan fingerprint density at radius 3 is 2.41 bits per heavy atom. The number of piperidine rings is 1. The van der Waals surface area contributed by atoms with Crippen LogP contribution >= 0.6 is 0 Å². The number of anilines is 2. The summed E-state index contributed by atoms with van der Waals surface area (Å²) in [6.07, 6.45) is 4.65. The number of hydrogen-bond donors (Lipinski definition) is 1. The molecular weight excluding hydrogens is 747 g/mol. The van der Waals surface area contributed by atoms with Crippen LogP contribution in [0.3, 0.4) is 0 Å². The summed E-state index contributed by atoms with van der Waals surface area (Å²) in [6, 6.07) is 32.1. The Labute approximate surface area is 341 Å². The van der Waals surface area contributed by atoms with Crippen molar-refractivity contribution < 1.29 is 28.9 Å². The van der Waals surface area contributed by atoms with Crippen molar-refractivity contribution in [2.75, 3.05) is 37.2 Å². The Morgan fingerprint density at radius 2 is 1.69 bits per heavy atom. The molecule has 1 N–H and O–H groups in total. The van der Waals surface area contributed by atoms with Crippen molar-refractivity contribution in [2.45, 2.75) is 82.0 Å². The number of amides is 2. The molecule has 3 aliphatic rings. The summed E-state index contributed by atoms with van der Waals surface area (Å²) in [5, 5.41) is 20.6. The zero-order valence-corrected chi connectivity index (χ0v) is 35.0. The van der Waals surface area contributed by atoms with E-state index in [9.17, 15) is 9.90 Å². The van der Waals surface area contributed by atoms with Gasteiger partial charge in [-0.1, -0.05) is 85.0 Å². The lowest BCUT2D eigenvalue weighted by Crippen LogP contribution is -2.51. The average Bonchev–Trinajstić information content (AvgIpc) is 3.91. The molecule has 2 saturated heterocycles. The third-order valence-electron chi connectivity index (χ3n) is 12.9. The normalized spacial score (nSPS) is 22.4. The monoisotopic (exact) mass is 799 g/mol. The molecule has 12 heteroatoms. The molecule has 4 heterocycles. The van der Waals surface area contributed by atoms with Crippen LogP contribution in [0.25, 0.3) is 0 Å². The van der Waals surface area contributed by atoms with Gasteiger partial charge in [0.05, 0.1) is 58.8 Å². The van der Waals surface area contributed by atoms with E-state index >= 15 is 4.79 Å². The third-order valence-corrected chi connectivity index (χ3v) is 17.2. The Morgan fingerprint density at radius 1 is 0.931 bits per heavy atom. The van der Waals surface area contributed by atoms with Gasteiger partial charge in [-0.2, -0.15) is 0 Å². The van der Waals surface area contributed by atoms with Gasteiger partial charge in [-0.3, -0.25) is 14.3 Å². The van der Waals surface area contributed by atoms with Gasteiger partial charge >= 0.3 is 0 Å². The highest BCUT2D eigenvalue weighted by Gasteiger charge is 2.66. The molecule has 1 spiro atoms. The summed E-state index contributed by atoms with van der Waals surface area (Å²) in [5.41, 5.74) is 3.85. The highest BCUT2D eigenvalue weighted by molar-refractivity contribution is 6.91. The van der Waals surface area contributed by atoms with Crippen LogP contribution in [0, 0.1) is 5.92 Å². The number of aliphatic hydroxyl groups excluding tert-OH is 1. The number of carbonyl (C=O) groups is 2. The Hall–Kier alpha value is -5.30. The Balaban J connectivity index is 1.15. The molecule has 0 radical (unpaired) electrons. The van der Waals surface area contributed by atoms with Gasteiger partial charge in [0.1, 0.15) is 11.5 Å². The standard InChI is InChI=1S/C46H53N5O6Si/c1-31-44(58(4,5)37-20-17-35(55-2)18-21-37)42(23-25-49-29-40(47-48-49)38(30-52)33-13-7-6-8-14-33)57-46(31)39-27-36(56-3)19-22-41(39)51(45(46)54)28-32-12-11-15-34(26-32)50-24-10-9-16-43(50)53/h6-8,11-15,17-22,26-27,29,31,38,42,44,52H,9-10,16,23-25,28,30H2,1-5H3/t31-,38?,42+,44-,46+/m0/s1. The number of aryl methyl sites for hydroxylation is 1. The maximum Gasteiger partial charge on any atom is 0.264 e. The van der Waals surface area contributed by atoms with Crippen LogP contribution in [0.4, 0.5) is 11.4 Å². The quantitative estimate of drug-likeness (QED) is 0.130. The van der Waals surface area contributed by atoms with E-state index in [1.807, 2.05) is 106 Å². The number of benzene rings is 4. The van der Waals surface area contributed by atoms with Crippen LogP contribution in [0.5, 0.6) is 11.5 Å². The van der Waals surface area contributed by atoms with Crippen LogP contribution in [0.1, 0.15) is 60.9 Å². The van der Waals surface area contributed by atoms with Crippen LogP contribution in [0.2, 0.25) is 18.6 Å². The SMILES string of the molecule is COc1ccc([Si](C)(C)[C@@H]2[C@@H](CCn3cc(C(CO)c4ccccc4)nn3)O[C@]3(C(=O)N(Cc4cccc(N5CCCCC5=O)c4)c4ccc(OC)cc43)[C@H]2C)cc1. The lowest BCUT2D eigenvalue weighted by atomic mass is 9.82. The maximum absolute atomic E-state index is 15.4. The highest BCUT2D eigenvalue weighted by Crippen LogP contribution is 2.60. The summed E-state index contributed by atoms with van der Waals surface area (Å²) in [6.45, 7) is 8.40. The van der Waals surface area contributed by atoms with E-state index in [-0.39, 0.29) is 41.9 Å². The predicted octanol–water partition coefficient (Wildman–Crippen LogP) is 6.79. The minimum atomic E-state index is -2.40. The van der Waals surface area contributed by atoms with E-state index in [2.05, 4.69) is 42.5 Å². The maximum atomic E-state index is 15.4. The van der Waals surface area contributed by atoms with Crippen LogP contribution in [0.15, 0.2) is 103 Å². The number of aromatic nitrogens is 3. The van der Waals surface area contributed by atoms with Crippen molar-refractivity contribution in [3.63, 3.8) is 0 Å². The topological polar surface area (TPSA) is 119 Å². The van der Waals surface area contributed by atoms with Crippen molar-refractivity contribution in [1.29, 1.82) is 0 Å². The van der Waals surface area contributed by atoms with E-state index in [0.29, 0.717) is 43.9 Å². The number of methoxy groups -OCH3 is 2. The predicted molar refractivity (Wildman–Crippen MR) is 226 cm³/mol. The number of nitrogens with zero attached hydrogens (tertiary/aromatic N) is 5. The van der Waals surface area contributed by atoms with Gasteiger partial charge in [0, 0.05) is 42.9 Å². The second-order valence-corrected chi connectivity index (χ2v) is 21.1. The Kier molecular flexibility index (Phi) is 11.0. The van der Waals surface area contributed by atoms with E-state index in [1.165, 1.54) is 5.19 Å². The zero-order chi connectivity index (χ0) is 40.6. The zero-order valence-electron chi connectivity index (χ0n) is 34.0. The molecule has 2 fully saturated rings. The molecule has 1 aromatic heterocycles. The molecule has 11 nitrogen and oxygen atoms in total. The largest absolute Gasteiger partial charge is 0.497 e. The minimum absolute atomic E-state index is 0.0230. The summed E-state index contributed by atoms with van der Waals surface area (Å²) in [7, 11) is 0.917. The lowest BCUT2D eigenvalue weighted by Gasteiger charge is -2.37. The first-order valence-electron chi connectivity index (χ1n) is 20.4. The van der Waals surface area contributed by atoms with Gasteiger partial charge in [-0.05, 0) is 78.4 Å². The van der Waals surface area contributed by atoms with Gasteiger partial charge < -0.3 is 29.1 Å². The van der Waals surface area contributed by atoms with Gasteiger partial charge in [0.15, 0.2) is 5.60 Å². The number of ether oxygens (including phenoxy) is 3. The highest BCUT2D eigenvalue weighted by atomic mass is 28.3. The fourth-order valence-corrected chi connectivity index (χ4v) is 13.9. The van der Waals surface area contributed by atoms with E-state index < -0.39 is 13.7 Å². The van der Waals surface area contributed by atoms with Crippen molar-refractivity contribution in [3.8, 4) is 11.5 Å². The molecular formula is C46H53N5O6Si. The fraction of sp³-hybridized carbons (Fsp3) is 0.391. The summed E-state index contributed by atoms with van der Waals surface area (Å²) >= 11 is 0. The molecule has 302 valence electrons. The first kappa shape index (κ1) is 39.5. The van der Waals surface area contributed by atoms with Crippen LogP contribution < -0.4 is 24.5 Å². The molecule has 0 aliphatic carbocycles. The number of rotatable bonds is 13. The second kappa shape index (κ2) is 16.2. The molecule has 5 aromatic rings.